The van der Waals surface area contributed by atoms with E-state index in [2.05, 4.69) is 5.32 Å². The van der Waals surface area contributed by atoms with Gasteiger partial charge in [0.05, 0.1) is 24.1 Å². The van der Waals surface area contributed by atoms with E-state index in [0.29, 0.717) is 34.5 Å². The molecule has 0 aliphatic carbocycles. The minimum absolute atomic E-state index is 0.0349. The van der Waals surface area contributed by atoms with Gasteiger partial charge in [0, 0.05) is 16.3 Å². The van der Waals surface area contributed by atoms with Gasteiger partial charge < -0.3 is 10.2 Å². The molecule has 2 aromatic rings. The molecule has 1 aliphatic heterocycles. The van der Waals surface area contributed by atoms with Crippen molar-refractivity contribution in [3.05, 3.63) is 54.6 Å². The van der Waals surface area contributed by atoms with E-state index in [-0.39, 0.29) is 24.0 Å². The van der Waals surface area contributed by atoms with Gasteiger partial charge in [-0.3, -0.25) is 4.79 Å². The zero-order chi connectivity index (χ0) is 20.1. The summed E-state index contributed by atoms with van der Waals surface area (Å²) in [7, 11) is -3.14. The lowest BCUT2D eigenvalue weighted by atomic mass is 10.1. The normalized spacial score (nSPS) is 18.2. The Morgan fingerprint density at radius 2 is 1.82 bits per heavy atom. The van der Waals surface area contributed by atoms with E-state index in [4.69, 9.17) is 0 Å². The number of hydrogen-bond acceptors (Lipinski definition) is 5. The molecule has 1 atom stereocenters. The largest absolute Gasteiger partial charge is 0.376 e. The van der Waals surface area contributed by atoms with Gasteiger partial charge in [-0.15, -0.1) is 0 Å². The summed E-state index contributed by atoms with van der Waals surface area (Å²) < 4.78 is 48.5. The molecule has 1 N–H and O–H groups in total. The fourth-order valence-electron chi connectivity index (χ4n) is 3.14. The van der Waals surface area contributed by atoms with Crippen LogP contribution in [0.25, 0.3) is 0 Å². The average molecular weight is 427 g/mol. The Kier molecular flexibility index (Phi) is 6.56. The van der Waals surface area contributed by atoms with Crippen LogP contribution in [-0.2, 0) is 14.6 Å². The molecular formula is C19H20F2N2O3S2. The second kappa shape index (κ2) is 8.91. The third kappa shape index (κ3) is 5.45. The number of carbonyl (C=O) groups excluding carboxylic acids is 1. The number of alkyl halides is 2. The monoisotopic (exact) mass is 426 g/mol. The number of carbonyl (C=O) groups is 1. The number of halogens is 2. The highest BCUT2D eigenvalue weighted by Gasteiger charge is 2.35. The first-order chi connectivity index (χ1) is 13.3. The summed E-state index contributed by atoms with van der Waals surface area (Å²) in [6.45, 7) is -0.0349. The number of thioether (sulfide) groups is 1. The maximum atomic E-state index is 12.9. The summed E-state index contributed by atoms with van der Waals surface area (Å²) in [5.41, 5.74) is 1.28. The molecular weight excluding hydrogens is 406 g/mol. The number of hydrogen-bond donors (Lipinski definition) is 1. The van der Waals surface area contributed by atoms with Crippen molar-refractivity contribution in [2.45, 2.75) is 23.1 Å². The highest BCUT2D eigenvalue weighted by molar-refractivity contribution is 7.99. The van der Waals surface area contributed by atoms with Crippen LogP contribution < -0.4 is 10.2 Å². The third-order valence-corrected chi connectivity index (χ3v) is 6.87. The van der Waals surface area contributed by atoms with Gasteiger partial charge in [0.2, 0.25) is 5.91 Å². The zero-order valence-electron chi connectivity index (χ0n) is 14.9. The molecule has 9 heteroatoms. The molecule has 1 aliphatic rings. The van der Waals surface area contributed by atoms with E-state index in [1.807, 2.05) is 6.07 Å². The molecule has 3 rings (SSSR count). The second-order valence-electron chi connectivity index (χ2n) is 6.41. The Balaban J connectivity index is 1.69. The highest BCUT2D eigenvalue weighted by Crippen LogP contribution is 2.27. The average Bonchev–Trinajstić information content (AvgIpc) is 3.01. The quantitative estimate of drug-likeness (QED) is 0.685. The second-order valence-corrected chi connectivity index (χ2v) is 9.70. The maximum absolute atomic E-state index is 12.9. The van der Waals surface area contributed by atoms with Crippen molar-refractivity contribution < 1.29 is 22.0 Å². The number of nitrogens with one attached hydrogen (secondary N) is 1. The van der Waals surface area contributed by atoms with Gasteiger partial charge in [0.1, 0.15) is 0 Å². The molecule has 0 spiro atoms. The number of nitrogens with zero attached hydrogens (tertiary/aromatic N) is 1. The number of para-hydroxylation sites is 1. The van der Waals surface area contributed by atoms with Gasteiger partial charge in [-0.05, 0) is 42.8 Å². The fourth-order valence-corrected chi connectivity index (χ4v) is 5.34. The smallest absolute Gasteiger partial charge is 0.288 e. The summed E-state index contributed by atoms with van der Waals surface area (Å²) in [6, 6.07) is 15.0. The van der Waals surface area contributed by atoms with Gasteiger partial charge in [-0.1, -0.05) is 30.0 Å². The third-order valence-electron chi connectivity index (χ3n) is 4.40. The number of amides is 1. The Morgan fingerprint density at radius 1 is 1.14 bits per heavy atom. The molecule has 0 radical (unpaired) electrons. The van der Waals surface area contributed by atoms with Crippen LogP contribution in [0.3, 0.4) is 0 Å². The predicted molar refractivity (Wildman–Crippen MR) is 108 cm³/mol. The minimum Gasteiger partial charge on any atom is -0.376 e. The van der Waals surface area contributed by atoms with E-state index in [0.717, 1.165) is 0 Å². The molecule has 28 heavy (non-hydrogen) atoms. The Labute approximate surface area is 167 Å². The van der Waals surface area contributed by atoms with Gasteiger partial charge in [-0.25, -0.2) is 8.42 Å². The van der Waals surface area contributed by atoms with E-state index in [1.54, 1.807) is 53.4 Å². The number of anilines is 2. The van der Waals surface area contributed by atoms with Crippen molar-refractivity contribution in [2.24, 2.45) is 0 Å². The summed E-state index contributed by atoms with van der Waals surface area (Å²) in [6.07, 6.45) is 0.405. The molecule has 1 amide bonds. The number of benzene rings is 2. The topological polar surface area (TPSA) is 66.5 Å². The molecule has 5 nitrogen and oxygen atoms in total. The summed E-state index contributed by atoms with van der Waals surface area (Å²) in [5, 5.41) is 2.98. The van der Waals surface area contributed by atoms with E-state index >= 15 is 0 Å². The Hall–Kier alpha value is -2.13. The molecule has 0 bridgehead atoms. The van der Waals surface area contributed by atoms with Crippen LogP contribution in [0.1, 0.15) is 6.42 Å². The lowest BCUT2D eigenvalue weighted by Crippen LogP contribution is -2.44. The van der Waals surface area contributed by atoms with Crippen molar-refractivity contribution in [3.63, 3.8) is 0 Å². The first-order valence-electron chi connectivity index (χ1n) is 8.70. The van der Waals surface area contributed by atoms with E-state index < -0.39 is 21.6 Å². The SMILES string of the molecule is O=C(CNc1ccc(SC(F)F)cc1)N(c1ccccc1)[C@@H]1CCS(=O)(=O)C1. The lowest BCUT2D eigenvalue weighted by Gasteiger charge is -2.28. The number of sulfone groups is 1. The molecule has 0 aromatic heterocycles. The van der Waals surface area contributed by atoms with Crippen molar-refractivity contribution in [3.8, 4) is 0 Å². The Bertz CT molecular complexity index is 907. The number of rotatable bonds is 7. The van der Waals surface area contributed by atoms with Crippen LogP contribution in [0.15, 0.2) is 59.5 Å². The van der Waals surface area contributed by atoms with Gasteiger partial charge in [-0.2, -0.15) is 8.78 Å². The van der Waals surface area contributed by atoms with Crippen molar-refractivity contribution >= 4 is 38.9 Å². The van der Waals surface area contributed by atoms with Crippen LogP contribution in [0.4, 0.5) is 20.2 Å². The molecule has 0 saturated carbocycles. The van der Waals surface area contributed by atoms with Gasteiger partial charge in [0.25, 0.3) is 5.76 Å². The predicted octanol–water partition coefficient (Wildman–Crippen LogP) is 3.63. The van der Waals surface area contributed by atoms with E-state index in [9.17, 15) is 22.0 Å². The molecule has 1 heterocycles. The first-order valence-corrected chi connectivity index (χ1v) is 11.4. The van der Waals surface area contributed by atoms with Crippen molar-refractivity contribution in [1.82, 2.24) is 0 Å². The first kappa shape index (κ1) is 20.6. The van der Waals surface area contributed by atoms with Gasteiger partial charge >= 0.3 is 0 Å². The molecule has 0 unspecified atom stereocenters. The van der Waals surface area contributed by atoms with Crippen LogP contribution in [0, 0.1) is 0 Å². The van der Waals surface area contributed by atoms with Crippen LogP contribution in [0.2, 0.25) is 0 Å². The zero-order valence-corrected chi connectivity index (χ0v) is 16.6. The molecule has 150 valence electrons. The standard InChI is InChI=1S/C19H20F2N2O3S2/c20-19(21)27-17-8-6-14(7-9-17)22-12-18(24)23(15-4-2-1-3-5-15)16-10-11-28(25,26)13-16/h1-9,16,19,22H,10-13H2/t16-/m1/s1. The highest BCUT2D eigenvalue weighted by atomic mass is 32.2. The molecule has 1 saturated heterocycles. The lowest BCUT2D eigenvalue weighted by molar-refractivity contribution is -0.117. The summed E-state index contributed by atoms with van der Waals surface area (Å²) >= 11 is 0.457. The van der Waals surface area contributed by atoms with Crippen molar-refractivity contribution in [1.29, 1.82) is 0 Å². The van der Waals surface area contributed by atoms with Crippen LogP contribution in [0.5, 0.6) is 0 Å². The van der Waals surface area contributed by atoms with Gasteiger partial charge in [0.15, 0.2) is 9.84 Å². The minimum atomic E-state index is -3.14. The summed E-state index contributed by atoms with van der Waals surface area (Å²) in [5.74, 6) is -2.71. The fraction of sp³-hybridized carbons (Fsp3) is 0.316. The van der Waals surface area contributed by atoms with Crippen molar-refractivity contribution in [2.75, 3.05) is 28.3 Å². The van der Waals surface area contributed by atoms with Crippen LogP contribution >= 0.6 is 11.8 Å². The maximum Gasteiger partial charge on any atom is 0.288 e. The molecule has 1 fully saturated rings. The van der Waals surface area contributed by atoms with E-state index in [1.165, 1.54) is 0 Å². The Morgan fingerprint density at radius 3 is 2.39 bits per heavy atom. The molecule has 2 aromatic carbocycles. The van der Waals surface area contributed by atoms with Crippen LogP contribution in [-0.4, -0.2) is 44.2 Å². The summed E-state index contributed by atoms with van der Waals surface area (Å²) in [4.78, 5) is 14.9.